The number of ether oxygens (including phenoxy) is 3. The van der Waals surface area contributed by atoms with E-state index in [4.69, 9.17) is 14.2 Å². The lowest BCUT2D eigenvalue weighted by Crippen LogP contribution is -2.23. The molecule has 1 aliphatic heterocycles. The van der Waals surface area contributed by atoms with E-state index in [1.807, 2.05) is 6.07 Å². The molecule has 0 fully saturated rings. The number of amides is 1. The lowest BCUT2D eigenvalue weighted by Gasteiger charge is -2.16. The molecule has 0 saturated heterocycles. The Labute approximate surface area is 145 Å². The molecule has 1 heterocycles. The minimum atomic E-state index is -0.378. The molecule has 130 valence electrons. The molecule has 0 aromatic heterocycles. The molecular weight excluding hydrogens is 322 g/mol. The van der Waals surface area contributed by atoms with Gasteiger partial charge in [0.2, 0.25) is 0 Å². The third-order valence-electron chi connectivity index (χ3n) is 4.11. The summed E-state index contributed by atoms with van der Waals surface area (Å²) in [6.07, 6.45) is 0. The summed E-state index contributed by atoms with van der Waals surface area (Å²) in [6.45, 7) is 2.52. The number of fused-ring (bicyclic) bond motifs is 1. The molecule has 6 nitrogen and oxygen atoms in total. The molecule has 0 N–H and O–H groups in total. The van der Waals surface area contributed by atoms with Crippen molar-refractivity contribution in [2.45, 2.75) is 13.5 Å². The molecule has 3 rings (SSSR count). The first-order valence-electron chi connectivity index (χ1n) is 7.93. The number of carbonyl (C=O) groups is 2. The van der Waals surface area contributed by atoms with Gasteiger partial charge in [-0.2, -0.15) is 0 Å². The molecule has 1 aliphatic rings. The number of nitrogens with zero attached hydrogens (tertiary/aromatic N) is 1. The first kappa shape index (κ1) is 16.8. The van der Waals surface area contributed by atoms with E-state index in [0.717, 1.165) is 5.56 Å². The van der Waals surface area contributed by atoms with Gasteiger partial charge >= 0.3 is 5.97 Å². The fourth-order valence-electron chi connectivity index (χ4n) is 2.91. The van der Waals surface area contributed by atoms with Crippen molar-refractivity contribution in [3.8, 4) is 11.5 Å². The molecule has 6 heteroatoms. The molecule has 0 spiro atoms. The second-order valence-electron chi connectivity index (χ2n) is 5.49. The molecule has 0 bridgehead atoms. The molecule has 25 heavy (non-hydrogen) atoms. The number of hydrogen-bond donors (Lipinski definition) is 0. The maximum absolute atomic E-state index is 12.9. The number of carbonyl (C=O) groups excluding carboxylic acids is 2. The molecule has 0 atom stereocenters. The average molecular weight is 341 g/mol. The van der Waals surface area contributed by atoms with Crippen LogP contribution in [0.5, 0.6) is 11.5 Å². The molecule has 2 aromatic carbocycles. The topological polar surface area (TPSA) is 65.1 Å². The van der Waals surface area contributed by atoms with Crippen molar-refractivity contribution in [2.75, 3.05) is 25.7 Å². The van der Waals surface area contributed by atoms with Crippen LogP contribution in [-0.4, -0.2) is 32.7 Å². The maximum Gasteiger partial charge on any atom is 0.338 e. The standard InChI is InChI=1S/C19H19NO5/c1-4-25-19(22)12-5-8-14(9-6-12)20-11-13-7-10-15(23-2)17(24-3)16(13)18(20)21/h5-10H,4,11H2,1-3H3. The zero-order valence-corrected chi connectivity index (χ0v) is 14.4. The minimum Gasteiger partial charge on any atom is -0.493 e. The smallest absolute Gasteiger partial charge is 0.338 e. The summed E-state index contributed by atoms with van der Waals surface area (Å²) >= 11 is 0. The van der Waals surface area contributed by atoms with Crippen molar-refractivity contribution in [2.24, 2.45) is 0 Å². The van der Waals surface area contributed by atoms with E-state index in [0.29, 0.717) is 41.5 Å². The van der Waals surface area contributed by atoms with E-state index >= 15 is 0 Å². The number of methoxy groups -OCH3 is 2. The summed E-state index contributed by atoms with van der Waals surface area (Å²) in [4.78, 5) is 26.2. The predicted octanol–water partition coefficient (Wildman–Crippen LogP) is 3.04. The zero-order chi connectivity index (χ0) is 18.0. The van der Waals surface area contributed by atoms with E-state index in [2.05, 4.69) is 0 Å². The summed E-state index contributed by atoms with van der Waals surface area (Å²) < 4.78 is 15.6. The number of esters is 1. The second-order valence-corrected chi connectivity index (χ2v) is 5.49. The number of hydrogen-bond acceptors (Lipinski definition) is 5. The van der Waals surface area contributed by atoms with Crippen molar-refractivity contribution in [1.82, 2.24) is 0 Å². The van der Waals surface area contributed by atoms with Crippen LogP contribution in [0.3, 0.4) is 0 Å². The van der Waals surface area contributed by atoms with Crippen LogP contribution >= 0.6 is 0 Å². The number of benzene rings is 2. The molecule has 0 aliphatic carbocycles. The van der Waals surface area contributed by atoms with E-state index in [1.54, 1.807) is 42.2 Å². The second kappa shape index (κ2) is 6.84. The first-order chi connectivity index (χ1) is 12.1. The van der Waals surface area contributed by atoms with Crippen LogP contribution in [0.4, 0.5) is 5.69 Å². The van der Waals surface area contributed by atoms with Gasteiger partial charge in [-0.3, -0.25) is 4.79 Å². The molecular formula is C19H19NO5. The monoisotopic (exact) mass is 341 g/mol. The normalized spacial score (nSPS) is 12.8. The SMILES string of the molecule is CCOC(=O)c1ccc(N2Cc3ccc(OC)c(OC)c3C2=O)cc1. The van der Waals surface area contributed by atoms with Crippen molar-refractivity contribution >= 4 is 17.6 Å². The third kappa shape index (κ3) is 2.91. The highest BCUT2D eigenvalue weighted by Crippen LogP contribution is 2.39. The van der Waals surface area contributed by atoms with Crippen molar-refractivity contribution < 1.29 is 23.8 Å². The minimum absolute atomic E-state index is 0.158. The van der Waals surface area contributed by atoms with Gasteiger partial charge < -0.3 is 19.1 Å². The van der Waals surface area contributed by atoms with Gasteiger partial charge in [0.25, 0.3) is 5.91 Å². The summed E-state index contributed by atoms with van der Waals surface area (Å²) in [5.74, 6) is 0.427. The van der Waals surface area contributed by atoms with Crippen molar-refractivity contribution in [1.29, 1.82) is 0 Å². The van der Waals surface area contributed by atoms with Crippen LogP contribution in [0.15, 0.2) is 36.4 Å². The van der Waals surface area contributed by atoms with E-state index in [9.17, 15) is 9.59 Å². The number of rotatable bonds is 5. The van der Waals surface area contributed by atoms with Crippen LogP contribution in [0.25, 0.3) is 0 Å². The molecule has 2 aromatic rings. The Hall–Kier alpha value is -3.02. The highest BCUT2D eigenvalue weighted by atomic mass is 16.5. The Bertz CT molecular complexity index is 813. The highest BCUT2D eigenvalue weighted by Gasteiger charge is 2.33. The first-order valence-corrected chi connectivity index (χ1v) is 7.93. The number of anilines is 1. The Morgan fingerprint density at radius 2 is 1.80 bits per heavy atom. The Balaban J connectivity index is 1.90. The van der Waals surface area contributed by atoms with Crippen molar-refractivity contribution in [3.05, 3.63) is 53.1 Å². The molecule has 0 radical (unpaired) electrons. The highest BCUT2D eigenvalue weighted by molar-refractivity contribution is 6.12. The van der Waals surface area contributed by atoms with Gasteiger partial charge in [0.1, 0.15) is 0 Å². The summed E-state index contributed by atoms with van der Waals surface area (Å²) in [5.41, 5.74) is 2.54. The van der Waals surface area contributed by atoms with Crippen molar-refractivity contribution in [3.63, 3.8) is 0 Å². The van der Waals surface area contributed by atoms with Gasteiger partial charge in [-0.15, -0.1) is 0 Å². The largest absolute Gasteiger partial charge is 0.493 e. The summed E-state index contributed by atoms with van der Waals surface area (Å²) in [6, 6.07) is 10.4. The van der Waals surface area contributed by atoms with Gasteiger partial charge in [-0.1, -0.05) is 6.07 Å². The summed E-state index contributed by atoms with van der Waals surface area (Å²) in [7, 11) is 3.05. The lowest BCUT2D eigenvalue weighted by atomic mass is 10.1. The predicted molar refractivity (Wildman–Crippen MR) is 92.5 cm³/mol. The van der Waals surface area contributed by atoms with Crippen LogP contribution < -0.4 is 14.4 Å². The van der Waals surface area contributed by atoms with Crippen LogP contribution in [0, 0.1) is 0 Å². The molecule has 0 unspecified atom stereocenters. The quantitative estimate of drug-likeness (QED) is 0.782. The molecule has 0 saturated carbocycles. The Kier molecular flexibility index (Phi) is 4.61. The Morgan fingerprint density at radius 3 is 2.40 bits per heavy atom. The summed E-state index contributed by atoms with van der Waals surface area (Å²) in [5, 5.41) is 0. The van der Waals surface area contributed by atoms with Gasteiger partial charge in [-0.25, -0.2) is 4.79 Å². The van der Waals surface area contributed by atoms with E-state index in [1.165, 1.54) is 14.2 Å². The van der Waals surface area contributed by atoms with Gasteiger partial charge in [0.05, 0.1) is 38.5 Å². The van der Waals surface area contributed by atoms with Gasteiger partial charge in [0, 0.05) is 5.69 Å². The molecule has 1 amide bonds. The third-order valence-corrected chi connectivity index (χ3v) is 4.11. The van der Waals surface area contributed by atoms with E-state index < -0.39 is 0 Å². The van der Waals surface area contributed by atoms with E-state index in [-0.39, 0.29) is 11.9 Å². The lowest BCUT2D eigenvalue weighted by molar-refractivity contribution is 0.0526. The van der Waals surface area contributed by atoms with Crippen LogP contribution in [-0.2, 0) is 11.3 Å². The van der Waals surface area contributed by atoms with Crippen LogP contribution in [0.2, 0.25) is 0 Å². The van der Waals surface area contributed by atoms with Gasteiger partial charge in [0.15, 0.2) is 11.5 Å². The van der Waals surface area contributed by atoms with Crippen LogP contribution in [0.1, 0.15) is 33.2 Å². The maximum atomic E-state index is 12.9. The Morgan fingerprint density at radius 1 is 1.08 bits per heavy atom. The van der Waals surface area contributed by atoms with Gasteiger partial charge in [-0.05, 0) is 42.8 Å². The fraction of sp³-hybridized carbons (Fsp3) is 0.263. The average Bonchev–Trinajstić information content (AvgIpc) is 2.98. The fourth-order valence-corrected chi connectivity index (χ4v) is 2.91. The zero-order valence-electron chi connectivity index (χ0n) is 14.4.